The lowest BCUT2D eigenvalue weighted by atomic mass is 9.87. The van der Waals surface area contributed by atoms with E-state index >= 15 is 0 Å². The van der Waals surface area contributed by atoms with Crippen molar-refractivity contribution in [3.63, 3.8) is 0 Å². The SMILES string of the molecule is O=C(O)c1coc(NCC2(N3CCN(c4ccccc4)CC3)CCOCC2)n1. The van der Waals surface area contributed by atoms with E-state index in [-0.39, 0.29) is 17.2 Å². The van der Waals surface area contributed by atoms with Gasteiger partial charge in [-0.3, -0.25) is 4.90 Å². The van der Waals surface area contributed by atoms with Gasteiger partial charge in [-0.25, -0.2) is 4.79 Å². The van der Waals surface area contributed by atoms with Gasteiger partial charge in [0.1, 0.15) is 6.26 Å². The Morgan fingerprint density at radius 3 is 2.50 bits per heavy atom. The first kappa shape index (κ1) is 18.8. The monoisotopic (exact) mass is 386 g/mol. The van der Waals surface area contributed by atoms with Gasteiger partial charge in [-0.1, -0.05) is 18.2 Å². The minimum Gasteiger partial charge on any atom is -0.476 e. The number of carbonyl (C=O) groups is 1. The third kappa shape index (κ3) is 3.98. The average Bonchev–Trinajstić information content (AvgIpc) is 3.23. The van der Waals surface area contributed by atoms with Gasteiger partial charge in [-0.15, -0.1) is 0 Å². The highest BCUT2D eigenvalue weighted by atomic mass is 16.5. The predicted octanol–water partition coefficient (Wildman–Crippen LogP) is 2.16. The molecule has 2 fully saturated rings. The fourth-order valence-electron chi connectivity index (χ4n) is 4.13. The highest BCUT2D eigenvalue weighted by molar-refractivity contribution is 5.85. The van der Waals surface area contributed by atoms with Gasteiger partial charge in [0, 0.05) is 57.2 Å². The number of hydrogen-bond donors (Lipinski definition) is 2. The number of rotatable bonds is 6. The maximum absolute atomic E-state index is 11.0. The number of ether oxygens (including phenoxy) is 1. The van der Waals surface area contributed by atoms with Crippen molar-refractivity contribution in [2.45, 2.75) is 18.4 Å². The molecule has 3 heterocycles. The molecule has 0 saturated carbocycles. The maximum Gasteiger partial charge on any atom is 0.357 e. The molecule has 2 N–H and O–H groups in total. The third-order valence-corrected chi connectivity index (χ3v) is 5.79. The molecule has 28 heavy (non-hydrogen) atoms. The molecule has 0 unspecified atom stereocenters. The van der Waals surface area contributed by atoms with E-state index in [1.807, 2.05) is 6.07 Å². The number of anilines is 2. The van der Waals surface area contributed by atoms with Crippen LogP contribution in [-0.4, -0.2) is 72.4 Å². The number of aromatic carboxylic acids is 1. The summed E-state index contributed by atoms with van der Waals surface area (Å²) in [5, 5.41) is 12.2. The van der Waals surface area contributed by atoms with E-state index in [9.17, 15) is 4.79 Å². The summed E-state index contributed by atoms with van der Waals surface area (Å²) in [6.45, 7) is 6.02. The van der Waals surface area contributed by atoms with Crippen molar-refractivity contribution in [2.75, 3.05) is 56.2 Å². The van der Waals surface area contributed by atoms with Crippen molar-refractivity contribution in [2.24, 2.45) is 0 Å². The van der Waals surface area contributed by atoms with Crippen molar-refractivity contribution in [1.82, 2.24) is 9.88 Å². The summed E-state index contributed by atoms with van der Waals surface area (Å²) in [5.41, 5.74) is 1.14. The molecule has 150 valence electrons. The van der Waals surface area contributed by atoms with Gasteiger partial charge in [0.25, 0.3) is 6.01 Å². The molecule has 0 radical (unpaired) electrons. The van der Waals surface area contributed by atoms with E-state index in [2.05, 4.69) is 44.4 Å². The van der Waals surface area contributed by atoms with Crippen LogP contribution >= 0.6 is 0 Å². The Balaban J connectivity index is 1.41. The second-order valence-corrected chi connectivity index (χ2v) is 7.34. The number of carboxylic acid groups (broad SMARTS) is 1. The quantitative estimate of drug-likeness (QED) is 0.780. The molecule has 1 aromatic carbocycles. The van der Waals surface area contributed by atoms with Crippen molar-refractivity contribution in [1.29, 1.82) is 0 Å². The summed E-state index contributed by atoms with van der Waals surface area (Å²) in [5.74, 6) is -1.09. The number of hydrogen-bond acceptors (Lipinski definition) is 7. The summed E-state index contributed by atoms with van der Waals surface area (Å²) in [6.07, 6.45) is 3.02. The van der Waals surface area contributed by atoms with E-state index in [1.165, 1.54) is 12.0 Å². The number of para-hydroxylation sites is 1. The Kier molecular flexibility index (Phi) is 5.50. The van der Waals surface area contributed by atoms with Crippen LogP contribution < -0.4 is 10.2 Å². The van der Waals surface area contributed by atoms with E-state index in [4.69, 9.17) is 14.3 Å². The van der Waals surface area contributed by atoms with Crippen LogP contribution in [0.4, 0.5) is 11.7 Å². The first-order valence-corrected chi connectivity index (χ1v) is 9.72. The number of piperazine rings is 1. The van der Waals surface area contributed by atoms with Gasteiger partial charge in [0.05, 0.1) is 0 Å². The number of aromatic nitrogens is 1. The summed E-state index contributed by atoms with van der Waals surface area (Å²) in [6, 6.07) is 10.8. The van der Waals surface area contributed by atoms with Crippen LogP contribution in [0.5, 0.6) is 0 Å². The molecule has 0 aliphatic carbocycles. The standard InChI is InChI=1S/C20H26N4O4/c25-18(26)17-14-28-19(22-17)21-15-20(6-12-27-13-7-20)24-10-8-23(9-11-24)16-4-2-1-3-5-16/h1-5,14H,6-13,15H2,(H,21,22)(H,25,26). The zero-order valence-electron chi connectivity index (χ0n) is 15.8. The molecule has 0 atom stereocenters. The topological polar surface area (TPSA) is 91.1 Å². The molecule has 4 rings (SSSR count). The predicted molar refractivity (Wildman–Crippen MR) is 105 cm³/mol. The first-order valence-electron chi connectivity index (χ1n) is 9.72. The molecular formula is C20H26N4O4. The Bertz CT molecular complexity index is 781. The molecule has 2 aliphatic heterocycles. The molecular weight excluding hydrogens is 360 g/mol. The van der Waals surface area contributed by atoms with Crippen molar-refractivity contribution >= 4 is 17.7 Å². The van der Waals surface area contributed by atoms with Gasteiger partial charge < -0.3 is 24.5 Å². The molecule has 0 spiro atoms. The second kappa shape index (κ2) is 8.20. The molecule has 1 aromatic heterocycles. The Morgan fingerprint density at radius 2 is 1.86 bits per heavy atom. The normalized spacial score (nSPS) is 20.1. The number of nitrogens with one attached hydrogen (secondary N) is 1. The maximum atomic E-state index is 11.0. The van der Waals surface area contributed by atoms with Gasteiger partial charge >= 0.3 is 5.97 Å². The average molecular weight is 386 g/mol. The van der Waals surface area contributed by atoms with Crippen molar-refractivity contribution in [3.8, 4) is 0 Å². The van der Waals surface area contributed by atoms with E-state index in [1.54, 1.807) is 0 Å². The van der Waals surface area contributed by atoms with Crippen LogP contribution in [0.25, 0.3) is 0 Å². The molecule has 2 aromatic rings. The number of benzene rings is 1. The zero-order chi connectivity index (χ0) is 19.4. The third-order valence-electron chi connectivity index (χ3n) is 5.79. The first-order chi connectivity index (χ1) is 13.7. The summed E-state index contributed by atoms with van der Waals surface area (Å²) >= 11 is 0. The second-order valence-electron chi connectivity index (χ2n) is 7.34. The van der Waals surface area contributed by atoms with Crippen LogP contribution in [0.3, 0.4) is 0 Å². The number of oxazole rings is 1. The van der Waals surface area contributed by atoms with Crippen LogP contribution in [0.1, 0.15) is 23.3 Å². The Morgan fingerprint density at radius 1 is 1.14 bits per heavy atom. The minimum atomic E-state index is -1.09. The fraction of sp³-hybridized carbons (Fsp3) is 0.500. The molecule has 0 amide bonds. The van der Waals surface area contributed by atoms with E-state index in [0.29, 0.717) is 6.54 Å². The van der Waals surface area contributed by atoms with Gasteiger partial charge in [0.2, 0.25) is 0 Å². The fourth-order valence-corrected chi connectivity index (χ4v) is 4.13. The minimum absolute atomic E-state index is 0.0428. The van der Waals surface area contributed by atoms with Crippen LogP contribution in [0.2, 0.25) is 0 Å². The van der Waals surface area contributed by atoms with Crippen LogP contribution in [0.15, 0.2) is 41.0 Å². The van der Waals surface area contributed by atoms with Crippen LogP contribution in [-0.2, 0) is 4.74 Å². The number of nitrogens with zero attached hydrogens (tertiary/aromatic N) is 3. The number of carboxylic acids is 1. The molecule has 0 bridgehead atoms. The Labute approximate surface area is 164 Å². The molecule has 2 saturated heterocycles. The molecule has 8 heteroatoms. The van der Waals surface area contributed by atoms with Crippen molar-refractivity contribution < 1.29 is 19.1 Å². The van der Waals surface area contributed by atoms with Gasteiger partial charge in [-0.2, -0.15) is 4.98 Å². The lowest BCUT2D eigenvalue weighted by Gasteiger charge is -2.50. The molecule has 8 nitrogen and oxygen atoms in total. The zero-order valence-corrected chi connectivity index (χ0v) is 15.8. The smallest absolute Gasteiger partial charge is 0.357 e. The Hall–Kier alpha value is -2.58. The summed E-state index contributed by atoms with van der Waals surface area (Å²) in [4.78, 5) is 20.0. The van der Waals surface area contributed by atoms with Crippen molar-refractivity contribution in [3.05, 3.63) is 42.3 Å². The van der Waals surface area contributed by atoms with E-state index in [0.717, 1.165) is 52.2 Å². The lowest BCUT2D eigenvalue weighted by Crippen LogP contribution is -2.61. The summed E-state index contributed by atoms with van der Waals surface area (Å²) < 4.78 is 10.9. The highest BCUT2D eigenvalue weighted by Crippen LogP contribution is 2.30. The summed E-state index contributed by atoms with van der Waals surface area (Å²) in [7, 11) is 0. The molecule has 2 aliphatic rings. The highest BCUT2D eigenvalue weighted by Gasteiger charge is 2.40. The lowest BCUT2D eigenvalue weighted by molar-refractivity contribution is -0.0243. The van der Waals surface area contributed by atoms with Gasteiger partial charge in [0.15, 0.2) is 5.69 Å². The largest absolute Gasteiger partial charge is 0.476 e. The van der Waals surface area contributed by atoms with Crippen LogP contribution in [0, 0.1) is 0 Å². The van der Waals surface area contributed by atoms with E-state index < -0.39 is 5.97 Å². The van der Waals surface area contributed by atoms with Gasteiger partial charge in [-0.05, 0) is 25.0 Å².